The fraction of sp³-hybridized carbons (Fsp3) is 0.0952. The van der Waals surface area contributed by atoms with Crippen molar-refractivity contribution in [2.24, 2.45) is 5.10 Å². The Morgan fingerprint density at radius 2 is 2.03 bits per heavy atom. The van der Waals surface area contributed by atoms with Gasteiger partial charge < -0.3 is 9.47 Å². The Balaban J connectivity index is 1.70. The highest BCUT2D eigenvalue weighted by atomic mass is 79.9. The summed E-state index contributed by atoms with van der Waals surface area (Å²) in [7, 11) is 1.56. The number of carbonyl (C=O) groups excluding carboxylic acids is 1. The summed E-state index contributed by atoms with van der Waals surface area (Å²) >= 11 is 9.41. The summed E-state index contributed by atoms with van der Waals surface area (Å²) in [5.74, 6) is 0.672. The van der Waals surface area contributed by atoms with Crippen LogP contribution >= 0.6 is 27.5 Å². The first-order valence-corrected chi connectivity index (χ1v) is 9.73. The van der Waals surface area contributed by atoms with Crippen LogP contribution in [0.25, 0.3) is 0 Å². The number of pyridine rings is 1. The number of nitrogens with one attached hydrogen (secondary N) is 1. The van der Waals surface area contributed by atoms with Gasteiger partial charge in [0, 0.05) is 6.20 Å². The van der Waals surface area contributed by atoms with Crippen molar-refractivity contribution in [3.8, 4) is 11.5 Å². The summed E-state index contributed by atoms with van der Waals surface area (Å²) in [5.41, 5.74) is 4.42. The van der Waals surface area contributed by atoms with E-state index in [0.29, 0.717) is 28.1 Å². The van der Waals surface area contributed by atoms with E-state index in [-0.39, 0.29) is 10.7 Å². The van der Waals surface area contributed by atoms with Crippen molar-refractivity contribution in [2.75, 3.05) is 7.11 Å². The number of aromatic nitrogens is 1. The molecule has 0 aliphatic carbocycles. The van der Waals surface area contributed by atoms with Crippen LogP contribution in [0.5, 0.6) is 11.5 Å². The second-order valence-corrected chi connectivity index (χ2v) is 7.06. The average Bonchev–Trinajstić information content (AvgIpc) is 2.73. The molecule has 1 heterocycles. The molecule has 0 saturated carbocycles. The van der Waals surface area contributed by atoms with Gasteiger partial charge in [-0.1, -0.05) is 41.9 Å². The van der Waals surface area contributed by atoms with E-state index in [0.717, 1.165) is 5.56 Å². The number of carbonyl (C=O) groups is 1. The van der Waals surface area contributed by atoms with Crippen molar-refractivity contribution in [2.45, 2.75) is 6.61 Å². The van der Waals surface area contributed by atoms with Crippen molar-refractivity contribution in [3.63, 3.8) is 0 Å². The molecular weight excluding hydrogens is 458 g/mol. The van der Waals surface area contributed by atoms with Gasteiger partial charge in [-0.2, -0.15) is 5.10 Å². The minimum Gasteiger partial charge on any atom is -0.493 e. The van der Waals surface area contributed by atoms with Crippen LogP contribution in [0.1, 0.15) is 21.5 Å². The molecule has 0 saturated heterocycles. The largest absolute Gasteiger partial charge is 0.493 e. The molecule has 0 aliphatic rings. The quantitative estimate of drug-likeness (QED) is 0.302. The van der Waals surface area contributed by atoms with Gasteiger partial charge in [-0.15, -0.1) is 0 Å². The smallest absolute Gasteiger partial charge is 0.274 e. The first-order chi connectivity index (χ1) is 14.1. The molecule has 2 aromatic carbocycles. The van der Waals surface area contributed by atoms with Crippen molar-refractivity contribution in [1.82, 2.24) is 10.4 Å². The zero-order valence-corrected chi connectivity index (χ0v) is 17.8. The molecule has 1 aromatic heterocycles. The van der Waals surface area contributed by atoms with Crippen LogP contribution in [0.4, 0.5) is 0 Å². The van der Waals surface area contributed by atoms with Crippen LogP contribution in [0.2, 0.25) is 5.15 Å². The van der Waals surface area contributed by atoms with Gasteiger partial charge in [-0.05, 0) is 51.3 Å². The van der Waals surface area contributed by atoms with Gasteiger partial charge in [-0.25, -0.2) is 10.4 Å². The fourth-order valence-corrected chi connectivity index (χ4v) is 3.24. The lowest BCUT2D eigenvalue weighted by Gasteiger charge is -2.13. The van der Waals surface area contributed by atoms with Gasteiger partial charge in [0.1, 0.15) is 11.8 Å². The molecular formula is C21H17BrClN3O3. The summed E-state index contributed by atoms with van der Waals surface area (Å²) in [6.45, 7) is 0.408. The molecule has 0 aliphatic heterocycles. The predicted molar refractivity (Wildman–Crippen MR) is 116 cm³/mol. The number of amides is 1. The molecule has 29 heavy (non-hydrogen) atoms. The Kier molecular flexibility index (Phi) is 7.21. The number of halogens is 2. The van der Waals surface area contributed by atoms with Gasteiger partial charge in [0.25, 0.3) is 5.91 Å². The number of hydrogen-bond donors (Lipinski definition) is 1. The molecule has 0 spiro atoms. The van der Waals surface area contributed by atoms with Gasteiger partial charge in [-0.3, -0.25) is 4.79 Å². The second kappa shape index (κ2) is 10.0. The summed E-state index contributed by atoms with van der Waals surface area (Å²) in [5, 5.41) is 4.09. The number of hydrogen-bond acceptors (Lipinski definition) is 5. The minimum absolute atomic E-state index is 0.115. The highest BCUT2D eigenvalue weighted by Gasteiger charge is 2.12. The summed E-state index contributed by atoms with van der Waals surface area (Å²) < 4.78 is 12.0. The summed E-state index contributed by atoms with van der Waals surface area (Å²) in [6, 6.07) is 16.6. The Morgan fingerprint density at radius 1 is 1.24 bits per heavy atom. The van der Waals surface area contributed by atoms with E-state index >= 15 is 0 Å². The van der Waals surface area contributed by atoms with E-state index in [1.165, 1.54) is 12.4 Å². The molecule has 8 heteroatoms. The van der Waals surface area contributed by atoms with Crippen LogP contribution < -0.4 is 14.9 Å². The van der Waals surface area contributed by atoms with Crippen LogP contribution in [-0.4, -0.2) is 24.2 Å². The Hall–Kier alpha value is -2.90. The number of nitrogens with zero attached hydrogens (tertiary/aromatic N) is 2. The highest BCUT2D eigenvalue weighted by Crippen LogP contribution is 2.36. The Morgan fingerprint density at radius 3 is 2.76 bits per heavy atom. The lowest BCUT2D eigenvalue weighted by molar-refractivity contribution is 0.0955. The third kappa shape index (κ3) is 5.56. The van der Waals surface area contributed by atoms with Crippen molar-refractivity contribution in [3.05, 3.63) is 87.1 Å². The Bertz CT molecular complexity index is 1030. The minimum atomic E-state index is -0.451. The SMILES string of the molecule is COc1cc(C=NNC(=O)c2cccnc2Cl)cc(Br)c1OCc1ccccc1. The highest BCUT2D eigenvalue weighted by molar-refractivity contribution is 9.10. The Labute approximate surface area is 181 Å². The molecule has 0 bridgehead atoms. The second-order valence-electron chi connectivity index (χ2n) is 5.85. The number of methoxy groups -OCH3 is 1. The fourth-order valence-electron chi connectivity index (χ4n) is 2.47. The number of rotatable bonds is 7. The zero-order valence-electron chi connectivity index (χ0n) is 15.4. The predicted octanol–water partition coefficient (Wildman–Crippen LogP) is 4.85. The van der Waals surface area contributed by atoms with Gasteiger partial charge in [0.05, 0.1) is 23.4 Å². The number of hydrazone groups is 1. The third-order valence-electron chi connectivity index (χ3n) is 3.86. The van der Waals surface area contributed by atoms with E-state index < -0.39 is 5.91 Å². The number of benzene rings is 2. The summed E-state index contributed by atoms with van der Waals surface area (Å²) in [6.07, 6.45) is 3.00. The standard InChI is InChI=1S/C21H17BrClN3O3/c1-28-18-11-15(12-25-26-21(27)16-8-5-9-24-20(16)23)10-17(22)19(18)29-13-14-6-3-2-4-7-14/h2-12H,13H2,1H3,(H,26,27). The van der Waals surface area contributed by atoms with Gasteiger partial charge in [0.15, 0.2) is 11.5 Å². The molecule has 0 unspecified atom stereocenters. The molecule has 6 nitrogen and oxygen atoms in total. The van der Waals surface area contributed by atoms with E-state index in [4.69, 9.17) is 21.1 Å². The first kappa shape index (κ1) is 20.8. The number of ether oxygens (including phenoxy) is 2. The van der Waals surface area contributed by atoms with E-state index in [1.807, 2.05) is 36.4 Å². The van der Waals surface area contributed by atoms with Gasteiger partial charge >= 0.3 is 0 Å². The summed E-state index contributed by atoms with van der Waals surface area (Å²) in [4.78, 5) is 16.0. The first-order valence-electron chi connectivity index (χ1n) is 8.56. The van der Waals surface area contributed by atoms with E-state index in [2.05, 4.69) is 31.4 Å². The molecule has 3 aromatic rings. The molecule has 1 N–H and O–H groups in total. The lowest BCUT2D eigenvalue weighted by Crippen LogP contribution is -2.18. The maximum absolute atomic E-state index is 12.1. The van der Waals surface area contributed by atoms with Crippen molar-refractivity contribution in [1.29, 1.82) is 0 Å². The molecule has 0 fully saturated rings. The van der Waals surface area contributed by atoms with E-state index in [1.54, 1.807) is 25.3 Å². The zero-order chi connectivity index (χ0) is 20.6. The molecule has 0 atom stereocenters. The lowest BCUT2D eigenvalue weighted by atomic mass is 10.2. The van der Waals surface area contributed by atoms with Crippen molar-refractivity contribution >= 4 is 39.7 Å². The monoisotopic (exact) mass is 473 g/mol. The van der Waals surface area contributed by atoms with Gasteiger partial charge in [0.2, 0.25) is 0 Å². The normalized spacial score (nSPS) is 10.7. The molecule has 148 valence electrons. The van der Waals surface area contributed by atoms with Crippen LogP contribution in [-0.2, 0) is 6.61 Å². The maximum atomic E-state index is 12.1. The topological polar surface area (TPSA) is 72.8 Å². The average molecular weight is 475 g/mol. The van der Waals surface area contributed by atoms with Crippen LogP contribution in [0, 0.1) is 0 Å². The third-order valence-corrected chi connectivity index (χ3v) is 4.75. The van der Waals surface area contributed by atoms with Crippen molar-refractivity contribution < 1.29 is 14.3 Å². The van der Waals surface area contributed by atoms with E-state index in [9.17, 15) is 4.79 Å². The molecule has 0 radical (unpaired) electrons. The van der Waals surface area contributed by atoms with Crippen LogP contribution in [0.3, 0.4) is 0 Å². The molecule has 1 amide bonds. The molecule has 3 rings (SSSR count). The maximum Gasteiger partial charge on any atom is 0.274 e. The van der Waals surface area contributed by atoms with Crippen LogP contribution in [0.15, 0.2) is 70.4 Å².